The van der Waals surface area contributed by atoms with Crippen LogP contribution in [-0.4, -0.2) is 11.5 Å². The maximum Gasteiger partial charge on any atom is 0.151 e. The van der Waals surface area contributed by atoms with E-state index in [1.807, 2.05) is 24.3 Å². The largest absolute Gasteiger partial charge is 0.298 e. The van der Waals surface area contributed by atoms with Gasteiger partial charge in [0.2, 0.25) is 0 Å². The minimum Gasteiger partial charge on any atom is -0.298 e. The number of thioether (sulfide) groups is 1. The Bertz CT molecular complexity index is 307. The van der Waals surface area contributed by atoms with Crippen molar-refractivity contribution in [2.75, 3.05) is 0 Å². The zero-order valence-electron chi connectivity index (χ0n) is 8.86. The van der Waals surface area contributed by atoms with E-state index in [4.69, 9.17) is 0 Å². The first-order valence-electron chi connectivity index (χ1n) is 4.86. The maximum absolute atomic E-state index is 10.8. The second kappa shape index (κ2) is 5.20. The second-order valence-electron chi connectivity index (χ2n) is 3.72. The Labute approximate surface area is 89.9 Å². The monoisotopic (exact) mass is 208 g/mol. The van der Waals surface area contributed by atoms with Gasteiger partial charge in [0.25, 0.3) is 0 Å². The summed E-state index contributed by atoms with van der Waals surface area (Å²) in [6.07, 6.45) is 0.926. The smallest absolute Gasteiger partial charge is 0.151 e. The van der Waals surface area contributed by atoms with Gasteiger partial charge in [0.1, 0.15) is 0 Å². The molecule has 76 valence electrons. The number of carbonyl (C=O) groups excluding carboxylic acids is 1. The van der Waals surface area contributed by atoms with Crippen LogP contribution in [-0.2, 0) is 0 Å². The number of carbonyl (C=O) groups is 1. The quantitative estimate of drug-likeness (QED) is 0.555. The first kappa shape index (κ1) is 11.3. The first-order valence-corrected chi connectivity index (χ1v) is 5.74. The Hall–Kier alpha value is -0.760. The molecule has 1 unspecified atom stereocenters. The van der Waals surface area contributed by atoms with Crippen LogP contribution in [0.1, 0.15) is 31.1 Å². The summed E-state index contributed by atoms with van der Waals surface area (Å²) in [5.74, 6) is 0.625. The van der Waals surface area contributed by atoms with Crippen LogP contribution in [0.5, 0.6) is 0 Å². The van der Waals surface area contributed by atoms with Gasteiger partial charge in [-0.3, -0.25) is 4.79 Å². The van der Waals surface area contributed by atoms with Gasteiger partial charge in [0, 0.05) is 15.7 Å². The number of aldehydes is 1. The van der Waals surface area contributed by atoms with E-state index in [0.717, 1.165) is 16.7 Å². The van der Waals surface area contributed by atoms with Gasteiger partial charge in [-0.05, 0) is 12.0 Å². The number of hydrogen-bond acceptors (Lipinski definition) is 2. The summed E-state index contributed by atoms with van der Waals surface area (Å²) in [4.78, 5) is 11.9. The predicted octanol–water partition coefficient (Wildman–Crippen LogP) is 3.64. The summed E-state index contributed by atoms with van der Waals surface area (Å²) in [6.45, 7) is 6.58. The van der Waals surface area contributed by atoms with Crippen molar-refractivity contribution in [3.05, 3.63) is 29.8 Å². The molecule has 14 heavy (non-hydrogen) atoms. The van der Waals surface area contributed by atoms with Crippen LogP contribution in [0.25, 0.3) is 0 Å². The molecule has 1 nitrogen and oxygen atoms in total. The van der Waals surface area contributed by atoms with E-state index < -0.39 is 0 Å². The molecule has 0 aliphatic heterocycles. The minimum atomic E-state index is 0.538. The highest BCUT2D eigenvalue weighted by atomic mass is 32.2. The van der Waals surface area contributed by atoms with E-state index in [1.165, 1.54) is 0 Å². The van der Waals surface area contributed by atoms with Crippen molar-refractivity contribution in [1.29, 1.82) is 0 Å². The van der Waals surface area contributed by atoms with Gasteiger partial charge >= 0.3 is 0 Å². The molecule has 1 atom stereocenters. The topological polar surface area (TPSA) is 17.1 Å². The Morgan fingerprint density at radius 3 is 2.43 bits per heavy atom. The van der Waals surface area contributed by atoms with E-state index >= 15 is 0 Å². The molecule has 0 heterocycles. The molecule has 0 saturated heterocycles. The highest BCUT2D eigenvalue weighted by Gasteiger charge is 2.10. The van der Waals surface area contributed by atoms with Crippen molar-refractivity contribution < 1.29 is 4.79 Å². The van der Waals surface area contributed by atoms with Gasteiger partial charge < -0.3 is 0 Å². The third-order valence-electron chi connectivity index (χ3n) is 2.30. The summed E-state index contributed by atoms with van der Waals surface area (Å²) in [5, 5.41) is 0.538. The number of rotatable bonds is 4. The summed E-state index contributed by atoms with van der Waals surface area (Å²) in [5.41, 5.74) is 0.796. The summed E-state index contributed by atoms with van der Waals surface area (Å²) in [7, 11) is 0. The van der Waals surface area contributed by atoms with Crippen molar-refractivity contribution in [2.45, 2.75) is 30.9 Å². The molecule has 0 aliphatic carbocycles. The molecule has 0 spiro atoms. The van der Waals surface area contributed by atoms with Gasteiger partial charge in [0.05, 0.1) is 0 Å². The normalized spacial score (nSPS) is 12.9. The minimum absolute atomic E-state index is 0.538. The van der Waals surface area contributed by atoms with Gasteiger partial charge in [0.15, 0.2) is 6.29 Å². The van der Waals surface area contributed by atoms with Crippen LogP contribution < -0.4 is 0 Å². The van der Waals surface area contributed by atoms with Crippen molar-refractivity contribution in [1.82, 2.24) is 0 Å². The lowest BCUT2D eigenvalue weighted by molar-refractivity contribution is 0.112. The molecule has 1 aromatic rings. The highest BCUT2D eigenvalue weighted by molar-refractivity contribution is 8.00. The van der Waals surface area contributed by atoms with Crippen molar-refractivity contribution >= 4 is 18.0 Å². The maximum atomic E-state index is 10.8. The SMILES string of the molecule is CC(C)C(C)Sc1ccccc1C=O. The van der Waals surface area contributed by atoms with Crippen LogP contribution in [0.3, 0.4) is 0 Å². The summed E-state index contributed by atoms with van der Waals surface area (Å²) < 4.78 is 0. The van der Waals surface area contributed by atoms with Crippen molar-refractivity contribution in [2.24, 2.45) is 5.92 Å². The standard InChI is InChI=1S/C12H16OS/c1-9(2)10(3)14-12-7-5-4-6-11(12)8-13/h4-10H,1-3H3. The van der Waals surface area contributed by atoms with E-state index in [-0.39, 0.29) is 0 Å². The molecule has 0 aliphatic rings. The number of hydrogen-bond donors (Lipinski definition) is 0. The Morgan fingerprint density at radius 1 is 1.21 bits per heavy atom. The van der Waals surface area contributed by atoms with Gasteiger partial charge in [-0.25, -0.2) is 0 Å². The summed E-state index contributed by atoms with van der Waals surface area (Å²) in [6, 6.07) is 7.74. The molecule has 0 amide bonds. The van der Waals surface area contributed by atoms with Crippen LogP contribution in [0.4, 0.5) is 0 Å². The average Bonchev–Trinajstić information content (AvgIpc) is 2.18. The average molecular weight is 208 g/mol. The fourth-order valence-electron chi connectivity index (χ4n) is 1.02. The molecule has 0 aromatic heterocycles. The van der Waals surface area contributed by atoms with Crippen LogP contribution in [0, 0.1) is 5.92 Å². The fraction of sp³-hybridized carbons (Fsp3) is 0.417. The van der Waals surface area contributed by atoms with Crippen molar-refractivity contribution in [3.8, 4) is 0 Å². The molecule has 0 radical (unpaired) electrons. The van der Waals surface area contributed by atoms with Crippen LogP contribution in [0.15, 0.2) is 29.2 Å². The lowest BCUT2D eigenvalue weighted by Gasteiger charge is -2.15. The molecule has 0 bridgehead atoms. The molecule has 2 heteroatoms. The molecule has 1 aromatic carbocycles. The zero-order valence-corrected chi connectivity index (χ0v) is 9.67. The fourth-order valence-corrected chi connectivity index (χ4v) is 2.10. The third-order valence-corrected chi connectivity index (χ3v) is 3.84. The molecule has 0 fully saturated rings. The summed E-state index contributed by atoms with van der Waals surface area (Å²) >= 11 is 1.77. The predicted molar refractivity (Wildman–Crippen MR) is 62.0 cm³/mol. The molecule has 0 N–H and O–H groups in total. The zero-order chi connectivity index (χ0) is 10.6. The van der Waals surface area contributed by atoms with Gasteiger partial charge in [-0.2, -0.15) is 0 Å². The highest BCUT2D eigenvalue weighted by Crippen LogP contribution is 2.29. The van der Waals surface area contributed by atoms with Gasteiger partial charge in [-0.15, -0.1) is 11.8 Å². The third kappa shape index (κ3) is 2.88. The Balaban J connectivity index is 2.80. The molecular weight excluding hydrogens is 192 g/mol. The lowest BCUT2D eigenvalue weighted by Crippen LogP contribution is -2.05. The van der Waals surface area contributed by atoms with E-state index in [2.05, 4.69) is 20.8 Å². The lowest BCUT2D eigenvalue weighted by atomic mass is 10.2. The Kier molecular flexibility index (Phi) is 4.21. The molecule has 1 rings (SSSR count). The van der Waals surface area contributed by atoms with Crippen LogP contribution in [0.2, 0.25) is 0 Å². The van der Waals surface area contributed by atoms with Gasteiger partial charge in [-0.1, -0.05) is 39.0 Å². The first-order chi connectivity index (χ1) is 6.65. The van der Waals surface area contributed by atoms with E-state index in [1.54, 1.807) is 11.8 Å². The van der Waals surface area contributed by atoms with Crippen LogP contribution >= 0.6 is 11.8 Å². The Morgan fingerprint density at radius 2 is 1.86 bits per heavy atom. The van der Waals surface area contributed by atoms with E-state index in [0.29, 0.717) is 11.2 Å². The molecular formula is C12H16OS. The number of benzene rings is 1. The second-order valence-corrected chi connectivity index (χ2v) is 5.14. The molecule has 0 saturated carbocycles. The van der Waals surface area contributed by atoms with Crippen molar-refractivity contribution in [3.63, 3.8) is 0 Å². The van der Waals surface area contributed by atoms with E-state index in [9.17, 15) is 4.79 Å².